The van der Waals surface area contributed by atoms with Gasteiger partial charge in [0, 0.05) is 24.3 Å². The number of aryl methyl sites for hydroxylation is 2. The molecule has 0 aliphatic carbocycles. The van der Waals surface area contributed by atoms with E-state index in [1.54, 1.807) is 24.3 Å². The number of nitrogens with zero attached hydrogens (tertiary/aromatic N) is 1. The first-order valence-corrected chi connectivity index (χ1v) is 9.42. The summed E-state index contributed by atoms with van der Waals surface area (Å²) in [7, 11) is 0. The highest BCUT2D eigenvalue weighted by molar-refractivity contribution is 5.96. The van der Waals surface area contributed by atoms with Crippen LogP contribution in [0.15, 0.2) is 42.5 Å². The van der Waals surface area contributed by atoms with Gasteiger partial charge < -0.3 is 15.0 Å². The van der Waals surface area contributed by atoms with Crippen molar-refractivity contribution >= 4 is 17.5 Å². The second-order valence-electron chi connectivity index (χ2n) is 7.04. The van der Waals surface area contributed by atoms with Crippen molar-refractivity contribution in [1.82, 2.24) is 4.90 Å². The fourth-order valence-electron chi connectivity index (χ4n) is 3.28. The largest absolute Gasteiger partial charge is 0.483 e. The van der Waals surface area contributed by atoms with Gasteiger partial charge in [-0.1, -0.05) is 17.7 Å². The Kier molecular flexibility index (Phi) is 6.12. The Morgan fingerprint density at radius 2 is 1.70 bits per heavy atom. The standard InChI is InChI=1S/C22H26N2O3/c1-16-6-11-20(17(2)14-16)27-15-21(25)23-19-9-7-18(8-10-19)22(26)24-12-4-3-5-13-24/h6-11,14H,3-5,12-13,15H2,1-2H3,(H,23,25). The van der Waals surface area contributed by atoms with Crippen LogP contribution >= 0.6 is 0 Å². The maximum atomic E-state index is 12.5. The summed E-state index contributed by atoms with van der Waals surface area (Å²) in [5.41, 5.74) is 3.47. The van der Waals surface area contributed by atoms with Crippen LogP contribution in [0.25, 0.3) is 0 Å². The number of rotatable bonds is 5. The van der Waals surface area contributed by atoms with Crippen molar-refractivity contribution in [1.29, 1.82) is 0 Å². The van der Waals surface area contributed by atoms with Crippen LogP contribution in [0.2, 0.25) is 0 Å². The minimum atomic E-state index is -0.231. The van der Waals surface area contributed by atoms with Crippen molar-refractivity contribution in [2.24, 2.45) is 0 Å². The molecule has 1 saturated heterocycles. The minimum absolute atomic E-state index is 0.0572. The van der Waals surface area contributed by atoms with Crippen molar-refractivity contribution in [3.63, 3.8) is 0 Å². The third kappa shape index (κ3) is 5.09. The molecule has 2 aromatic carbocycles. The quantitative estimate of drug-likeness (QED) is 0.872. The van der Waals surface area contributed by atoms with Gasteiger partial charge in [-0.2, -0.15) is 0 Å². The molecule has 2 amide bonds. The molecule has 142 valence electrons. The van der Waals surface area contributed by atoms with Crippen LogP contribution in [0.4, 0.5) is 5.69 Å². The number of amides is 2. The van der Waals surface area contributed by atoms with E-state index in [0.29, 0.717) is 17.0 Å². The zero-order chi connectivity index (χ0) is 19.2. The average molecular weight is 366 g/mol. The van der Waals surface area contributed by atoms with Crippen LogP contribution in [-0.4, -0.2) is 36.4 Å². The third-order valence-corrected chi connectivity index (χ3v) is 4.75. The second kappa shape index (κ2) is 8.71. The number of piperidine rings is 1. The molecule has 0 spiro atoms. The van der Waals surface area contributed by atoms with Gasteiger partial charge in [0.2, 0.25) is 0 Å². The van der Waals surface area contributed by atoms with Crippen LogP contribution < -0.4 is 10.1 Å². The van der Waals surface area contributed by atoms with Crippen molar-refractivity contribution in [2.45, 2.75) is 33.1 Å². The van der Waals surface area contributed by atoms with Gasteiger partial charge in [0.1, 0.15) is 5.75 Å². The number of carbonyl (C=O) groups excluding carboxylic acids is 2. The Balaban J connectivity index is 1.52. The summed E-state index contributed by atoms with van der Waals surface area (Å²) >= 11 is 0. The number of anilines is 1. The molecule has 27 heavy (non-hydrogen) atoms. The molecule has 0 bridgehead atoms. The van der Waals surface area contributed by atoms with Gasteiger partial charge in [0.25, 0.3) is 11.8 Å². The highest BCUT2D eigenvalue weighted by Crippen LogP contribution is 2.19. The van der Waals surface area contributed by atoms with Gasteiger partial charge in [-0.3, -0.25) is 9.59 Å². The second-order valence-corrected chi connectivity index (χ2v) is 7.04. The molecule has 2 aromatic rings. The summed E-state index contributed by atoms with van der Waals surface area (Å²) in [5, 5.41) is 2.80. The lowest BCUT2D eigenvalue weighted by Crippen LogP contribution is -2.35. The Morgan fingerprint density at radius 3 is 2.37 bits per heavy atom. The van der Waals surface area contributed by atoms with E-state index in [9.17, 15) is 9.59 Å². The molecule has 1 aliphatic heterocycles. The van der Waals surface area contributed by atoms with Crippen LogP contribution in [-0.2, 0) is 4.79 Å². The molecule has 3 rings (SSSR count). The molecule has 0 unspecified atom stereocenters. The van der Waals surface area contributed by atoms with Gasteiger partial charge in [-0.05, 0) is 69.0 Å². The minimum Gasteiger partial charge on any atom is -0.483 e. The van der Waals surface area contributed by atoms with Crippen LogP contribution in [0.3, 0.4) is 0 Å². The summed E-state index contributed by atoms with van der Waals surface area (Å²) in [6.45, 7) is 5.57. The molecule has 1 heterocycles. The Hall–Kier alpha value is -2.82. The molecule has 0 atom stereocenters. The predicted molar refractivity (Wildman–Crippen MR) is 106 cm³/mol. The topological polar surface area (TPSA) is 58.6 Å². The summed E-state index contributed by atoms with van der Waals surface area (Å²) in [6, 6.07) is 12.9. The number of benzene rings is 2. The van der Waals surface area contributed by atoms with E-state index in [0.717, 1.165) is 37.1 Å². The molecular formula is C22H26N2O3. The Bertz CT molecular complexity index is 809. The lowest BCUT2D eigenvalue weighted by Gasteiger charge is -2.26. The molecule has 5 nitrogen and oxygen atoms in total. The maximum absolute atomic E-state index is 12.5. The molecule has 0 aromatic heterocycles. The molecule has 0 saturated carbocycles. The Labute approximate surface area is 160 Å². The van der Waals surface area contributed by atoms with Crippen molar-refractivity contribution in [3.8, 4) is 5.75 Å². The van der Waals surface area contributed by atoms with Crippen molar-refractivity contribution in [3.05, 3.63) is 59.2 Å². The van der Waals surface area contributed by atoms with E-state index in [1.807, 2.05) is 36.9 Å². The first-order chi connectivity index (χ1) is 13.0. The molecule has 0 radical (unpaired) electrons. The first kappa shape index (κ1) is 19.0. The van der Waals surface area contributed by atoms with Crippen molar-refractivity contribution in [2.75, 3.05) is 25.0 Å². The van der Waals surface area contributed by atoms with E-state index in [-0.39, 0.29) is 18.4 Å². The molecule has 5 heteroatoms. The van der Waals surface area contributed by atoms with E-state index in [4.69, 9.17) is 4.74 Å². The van der Waals surface area contributed by atoms with Crippen LogP contribution in [0.5, 0.6) is 5.75 Å². The van der Waals surface area contributed by atoms with E-state index in [2.05, 4.69) is 5.32 Å². The van der Waals surface area contributed by atoms with E-state index >= 15 is 0 Å². The molecular weight excluding hydrogens is 340 g/mol. The zero-order valence-electron chi connectivity index (χ0n) is 16.0. The van der Waals surface area contributed by atoms with Crippen molar-refractivity contribution < 1.29 is 14.3 Å². The third-order valence-electron chi connectivity index (χ3n) is 4.75. The van der Waals surface area contributed by atoms with E-state index in [1.165, 1.54) is 6.42 Å². The Morgan fingerprint density at radius 1 is 1.00 bits per heavy atom. The SMILES string of the molecule is Cc1ccc(OCC(=O)Nc2ccc(C(=O)N3CCCCC3)cc2)c(C)c1. The van der Waals surface area contributed by atoms with Crippen LogP contribution in [0, 0.1) is 13.8 Å². The van der Waals surface area contributed by atoms with E-state index < -0.39 is 0 Å². The normalized spacial score (nSPS) is 13.9. The molecule has 1 N–H and O–H groups in total. The summed E-state index contributed by atoms with van der Waals surface area (Å²) in [6.07, 6.45) is 3.33. The monoisotopic (exact) mass is 366 g/mol. The number of ether oxygens (including phenoxy) is 1. The number of likely N-dealkylation sites (tertiary alicyclic amines) is 1. The summed E-state index contributed by atoms with van der Waals surface area (Å²) in [4.78, 5) is 26.5. The highest BCUT2D eigenvalue weighted by atomic mass is 16.5. The van der Waals surface area contributed by atoms with Crippen LogP contribution in [0.1, 0.15) is 40.7 Å². The predicted octanol–water partition coefficient (Wildman–Crippen LogP) is 3.95. The number of nitrogens with one attached hydrogen (secondary N) is 1. The smallest absolute Gasteiger partial charge is 0.262 e. The summed E-state index contributed by atoms with van der Waals surface area (Å²) in [5.74, 6) is 0.536. The molecule has 1 fully saturated rings. The fourth-order valence-corrected chi connectivity index (χ4v) is 3.28. The van der Waals surface area contributed by atoms with Gasteiger partial charge >= 0.3 is 0 Å². The maximum Gasteiger partial charge on any atom is 0.262 e. The number of carbonyl (C=O) groups is 2. The fraction of sp³-hybridized carbons (Fsp3) is 0.364. The lowest BCUT2D eigenvalue weighted by atomic mass is 10.1. The highest BCUT2D eigenvalue weighted by Gasteiger charge is 2.18. The first-order valence-electron chi connectivity index (χ1n) is 9.42. The summed E-state index contributed by atoms with van der Waals surface area (Å²) < 4.78 is 5.59. The van der Waals surface area contributed by atoms with Gasteiger partial charge in [0.15, 0.2) is 6.61 Å². The number of hydrogen-bond acceptors (Lipinski definition) is 3. The molecule has 1 aliphatic rings. The van der Waals surface area contributed by atoms with Gasteiger partial charge in [-0.15, -0.1) is 0 Å². The zero-order valence-corrected chi connectivity index (χ0v) is 16.0. The average Bonchev–Trinajstić information content (AvgIpc) is 2.68. The lowest BCUT2D eigenvalue weighted by molar-refractivity contribution is -0.118. The van der Waals surface area contributed by atoms with Gasteiger partial charge in [0.05, 0.1) is 0 Å². The number of hydrogen-bond donors (Lipinski definition) is 1. The van der Waals surface area contributed by atoms with Gasteiger partial charge in [-0.25, -0.2) is 0 Å².